The highest BCUT2D eigenvalue weighted by molar-refractivity contribution is 7.90. The maximum Gasteiger partial charge on any atom is 0.250 e. The average Bonchev–Trinajstić information content (AvgIpc) is 3.05. The Balaban J connectivity index is 1.83. The number of aromatic nitrogens is 3. The Hall–Kier alpha value is -1.19. The molecule has 7 nitrogen and oxygen atoms in total. The van der Waals surface area contributed by atoms with Crippen molar-refractivity contribution in [2.24, 2.45) is 0 Å². The highest BCUT2D eigenvalue weighted by Crippen LogP contribution is 2.37. The fourth-order valence-corrected chi connectivity index (χ4v) is 4.14. The molecule has 1 atom stereocenters. The summed E-state index contributed by atoms with van der Waals surface area (Å²) < 4.78 is 21.5. The van der Waals surface area contributed by atoms with E-state index in [-0.39, 0.29) is 10.7 Å². The Morgan fingerprint density at radius 2 is 1.86 bits per heavy atom. The first kappa shape index (κ1) is 22.5. The molecule has 1 aromatic heterocycles. The Kier molecular flexibility index (Phi) is 6.90. The van der Waals surface area contributed by atoms with Gasteiger partial charge in [0.05, 0.1) is 4.90 Å². The number of hydrogen-bond donors (Lipinski definition) is 1. The first-order valence-corrected chi connectivity index (χ1v) is 12.1. The van der Waals surface area contributed by atoms with E-state index in [1.807, 2.05) is 0 Å². The molecule has 3 rings (SSSR count). The van der Waals surface area contributed by atoms with Crippen LogP contribution in [0.5, 0.6) is 0 Å². The molecule has 0 saturated carbocycles. The van der Waals surface area contributed by atoms with Gasteiger partial charge in [-0.25, -0.2) is 13.4 Å². The second-order valence-corrected chi connectivity index (χ2v) is 11.4. The molecule has 1 aliphatic rings. The molecular weight excluding hydrogens is 457 g/mol. The number of rotatable bonds is 6. The van der Waals surface area contributed by atoms with E-state index in [4.69, 9.17) is 34.8 Å². The summed E-state index contributed by atoms with van der Waals surface area (Å²) in [5.41, 5.74) is 0.592. The van der Waals surface area contributed by atoms with Crippen molar-refractivity contribution in [2.45, 2.75) is 34.0 Å². The first-order valence-electron chi connectivity index (χ1n) is 9.12. The topological polar surface area (TPSA) is 88.1 Å². The second kappa shape index (κ2) is 8.89. The largest absolute Gasteiger partial charge is 0.354 e. The summed E-state index contributed by atoms with van der Waals surface area (Å²) >= 11 is 18.0. The monoisotopic (exact) mass is 477 g/mol. The zero-order valence-electron chi connectivity index (χ0n) is 16.1. The van der Waals surface area contributed by atoms with Gasteiger partial charge in [-0.2, -0.15) is 9.97 Å². The van der Waals surface area contributed by atoms with Crippen LogP contribution in [-0.2, 0) is 13.6 Å². The predicted molar refractivity (Wildman–Crippen MR) is 116 cm³/mol. The zero-order valence-corrected chi connectivity index (χ0v) is 19.2. The number of hydrogen-bond acceptors (Lipinski definition) is 7. The molecular formula is C18H22Cl3N5O2S. The Bertz CT molecular complexity index is 964. The minimum Gasteiger partial charge on any atom is -0.354 e. The van der Waals surface area contributed by atoms with Crippen LogP contribution in [-0.4, -0.2) is 60.7 Å². The molecule has 0 aliphatic carbocycles. The molecule has 0 spiro atoms. The van der Waals surface area contributed by atoms with E-state index in [9.17, 15) is 8.42 Å². The van der Waals surface area contributed by atoms with Crippen molar-refractivity contribution in [3.8, 4) is 11.4 Å². The standard InChI is InChI=1S/C18H22Cl3N5O2S/c1-26-11-3-4-13(26)9-10-22-17-24-15(23-16(25-17)18(19,20)21)12-5-7-14(8-6-12)29(2,27)28/h5-8,13H,3-4,9-11H2,1-2H3,(H,22,23,24,25). The maximum absolute atomic E-state index is 11.7. The van der Waals surface area contributed by atoms with Gasteiger partial charge in [-0.1, -0.05) is 34.8 Å². The molecule has 1 fully saturated rings. The van der Waals surface area contributed by atoms with Gasteiger partial charge >= 0.3 is 0 Å². The molecule has 158 valence electrons. The fraction of sp³-hybridized carbons (Fsp3) is 0.500. The number of alkyl halides is 3. The molecule has 0 amide bonds. The summed E-state index contributed by atoms with van der Waals surface area (Å²) in [6.07, 6.45) is 4.48. The van der Waals surface area contributed by atoms with Crippen LogP contribution in [0.15, 0.2) is 29.2 Å². The van der Waals surface area contributed by atoms with Gasteiger partial charge in [0.15, 0.2) is 21.5 Å². The molecule has 0 bridgehead atoms. The van der Waals surface area contributed by atoms with Crippen LogP contribution in [0.2, 0.25) is 0 Å². The summed E-state index contributed by atoms with van der Waals surface area (Å²) in [7, 11) is -1.17. The van der Waals surface area contributed by atoms with Crippen molar-refractivity contribution >= 4 is 50.6 Å². The second-order valence-electron chi connectivity index (χ2n) is 7.09. The molecule has 2 aromatic rings. The van der Waals surface area contributed by atoms with E-state index < -0.39 is 13.6 Å². The third kappa shape index (κ3) is 5.92. The lowest BCUT2D eigenvalue weighted by Crippen LogP contribution is -2.27. The minimum atomic E-state index is -3.30. The Labute approximate surface area is 185 Å². The predicted octanol–water partition coefficient (Wildman–Crippen LogP) is 3.67. The molecule has 1 N–H and O–H groups in total. The number of halogens is 3. The smallest absolute Gasteiger partial charge is 0.250 e. The molecule has 29 heavy (non-hydrogen) atoms. The number of benzene rings is 1. The zero-order chi connectivity index (χ0) is 21.2. The third-order valence-corrected chi connectivity index (χ3v) is 6.50. The van der Waals surface area contributed by atoms with Crippen molar-refractivity contribution in [1.29, 1.82) is 0 Å². The molecule has 1 aromatic carbocycles. The Morgan fingerprint density at radius 1 is 1.17 bits per heavy atom. The minimum absolute atomic E-state index is 0.000161. The van der Waals surface area contributed by atoms with Gasteiger partial charge in [0.1, 0.15) is 0 Å². The molecule has 0 radical (unpaired) electrons. The van der Waals surface area contributed by atoms with Crippen LogP contribution in [0.1, 0.15) is 25.1 Å². The van der Waals surface area contributed by atoms with Crippen LogP contribution in [0.3, 0.4) is 0 Å². The highest BCUT2D eigenvalue weighted by atomic mass is 35.6. The maximum atomic E-state index is 11.7. The number of likely N-dealkylation sites (tertiary alicyclic amines) is 1. The van der Waals surface area contributed by atoms with Gasteiger partial charge in [0.25, 0.3) is 0 Å². The molecule has 1 saturated heterocycles. The number of anilines is 1. The van der Waals surface area contributed by atoms with Crippen molar-refractivity contribution in [3.63, 3.8) is 0 Å². The lowest BCUT2D eigenvalue weighted by Gasteiger charge is -2.19. The lowest BCUT2D eigenvalue weighted by atomic mass is 10.1. The van der Waals surface area contributed by atoms with Crippen LogP contribution < -0.4 is 5.32 Å². The van der Waals surface area contributed by atoms with Crippen molar-refractivity contribution < 1.29 is 8.42 Å². The van der Waals surface area contributed by atoms with Crippen molar-refractivity contribution in [1.82, 2.24) is 19.9 Å². The van der Waals surface area contributed by atoms with E-state index in [1.54, 1.807) is 12.1 Å². The molecule has 11 heteroatoms. The van der Waals surface area contributed by atoms with E-state index in [2.05, 4.69) is 32.2 Å². The molecule has 1 unspecified atom stereocenters. The Morgan fingerprint density at radius 3 is 2.41 bits per heavy atom. The van der Waals surface area contributed by atoms with Gasteiger partial charge < -0.3 is 10.2 Å². The van der Waals surface area contributed by atoms with Gasteiger partial charge in [-0.05, 0) is 57.1 Å². The molecule has 1 aliphatic heterocycles. The van der Waals surface area contributed by atoms with E-state index in [1.165, 1.54) is 25.0 Å². The summed E-state index contributed by atoms with van der Waals surface area (Å²) in [5, 5.41) is 3.19. The quantitative estimate of drug-likeness (QED) is 0.634. The van der Waals surface area contributed by atoms with E-state index in [0.29, 0.717) is 29.9 Å². The van der Waals surface area contributed by atoms with Crippen LogP contribution in [0.25, 0.3) is 11.4 Å². The van der Waals surface area contributed by atoms with Gasteiger partial charge in [-0.3, -0.25) is 0 Å². The van der Waals surface area contributed by atoms with Crippen LogP contribution >= 0.6 is 34.8 Å². The average molecular weight is 479 g/mol. The lowest BCUT2D eigenvalue weighted by molar-refractivity contribution is 0.301. The number of sulfone groups is 1. The fourth-order valence-electron chi connectivity index (χ4n) is 3.26. The summed E-state index contributed by atoms with van der Waals surface area (Å²) in [6.45, 7) is 1.78. The summed E-state index contributed by atoms with van der Waals surface area (Å²) in [5.74, 6) is 0.603. The van der Waals surface area contributed by atoms with Crippen molar-refractivity contribution in [2.75, 3.05) is 31.7 Å². The highest BCUT2D eigenvalue weighted by Gasteiger charge is 2.29. The first-order chi connectivity index (χ1) is 13.5. The number of nitrogens with one attached hydrogen (secondary N) is 1. The normalized spacial score (nSPS) is 18.2. The summed E-state index contributed by atoms with van der Waals surface area (Å²) in [4.78, 5) is 15.4. The van der Waals surface area contributed by atoms with E-state index in [0.717, 1.165) is 19.2 Å². The van der Waals surface area contributed by atoms with Crippen LogP contribution in [0, 0.1) is 0 Å². The van der Waals surface area contributed by atoms with Crippen LogP contribution in [0.4, 0.5) is 5.95 Å². The van der Waals surface area contributed by atoms with Gasteiger partial charge in [0, 0.05) is 24.4 Å². The van der Waals surface area contributed by atoms with Crippen molar-refractivity contribution in [3.05, 3.63) is 30.1 Å². The molecule has 2 heterocycles. The van der Waals surface area contributed by atoms with Gasteiger partial charge in [0.2, 0.25) is 9.74 Å². The van der Waals surface area contributed by atoms with Gasteiger partial charge in [-0.15, -0.1) is 0 Å². The summed E-state index contributed by atoms with van der Waals surface area (Å²) in [6, 6.07) is 6.75. The SMILES string of the molecule is CN1CCCC1CCNc1nc(-c2ccc(S(C)(=O)=O)cc2)nc(C(Cl)(Cl)Cl)n1. The van der Waals surface area contributed by atoms with E-state index >= 15 is 0 Å². The third-order valence-electron chi connectivity index (χ3n) is 4.86. The number of nitrogens with zero attached hydrogens (tertiary/aromatic N) is 4.